The van der Waals surface area contributed by atoms with Crippen LogP contribution in [0, 0.1) is 0 Å². The van der Waals surface area contributed by atoms with Crippen molar-refractivity contribution in [3.05, 3.63) is 230 Å². The van der Waals surface area contributed by atoms with E-state index >= 15 is 0 Å². The molecule has 0 amide bonds. The Labute approximate surface area is 438 Å². The van der Waals surface area contributed by atoms with Gasteiger partial charge in [0.1, 0.15) is 16.7 Å². The summed E-state index contributed by atoms with van der Waals surface area (Å²) in [4.78, 5) is 0. The normalized spacial score (nSPS) is 13.5. The lowest BCUT2D eigenvalue weighted by Gasteiger charge is -2.22. The molecule has 0 fully saturated rings. The molecule has 5 heteroatoms. The number of aromatic nitrogens is 2. The number of hydrogen-bond donors (Lipinski definition) is 0. The Hall–Kier alpha value is -9.42. The average Bonchev–Trinajstić information content (AvgIpc) is 4.39. The van der Waals surface area contributed by atoms with Crippen LogP contribution < -0.4 is 0 Å². The summed E-state index contributed by atoms with van der Waals surface area (Å²) in [6, 6.07) is 80.8. The lowest BCUT2D eigenvalue weighted by molar-refractivity contribution is 0.660. The van der Waals surface area contributed by atoms with Crippen molar-refractivity contribution in [3.8, 4) is 33.6 Å². The third kappa shape index (κ3) is 5.27. The van der Waals surface area contributed by atoms with Crippen molar-refractivity contribution in [2.24, 2.45) is 0 Å². The van der Waals surface area contributed by atoms with Gasteiger partial charge in [0.15, 0.2) is 5.58 Å². The number of hydrogen-bond acceptors (Lipinski definition) is 3. The van der Waals surface area contributed by atoms with E-state index in [2.05, 4.69) is 241 Å². The van der Waals surface area contributed by atoms with Gasteiger partial charge in [0.25, 0.3) is 0 Å². The zero-order chi connectivity index (χ0) is 49.7. The molecule has 0 saturated carbocycles. The van der Waals surface area contributed by atoms with E-state index in [9.17, 15) is 0 Å². The van der Waals surface area contributed by atoms with Gasteiger partial charge in [0.2, 0.25) is 0 Å². The second-order valence-electron chi connectivity index (χ2n) is 21.5. The summed E-state index contributed by atoms with van der Waals surface area (Å²) in [5.74, 6) is 0. The largest absolute Gasteiger partial charge is 0.455 e. The SMILES string of the molecule is CC1(C)c2ccccc2-c2ccc(-n3c4cc(-c5cccc6c5oc5cc7c8cc9ccccc9cc8n(-c8ccc9sc%10ccccc%10c9c8)c7cc56)ccc4c4c5ccccc5c5c6ccccc6oc5c43)cc21. The van der Waals surface area contributed by atoms with E-state index in [1.54, 1.807) is 0 Å². The first-order valence-corrected chi connectivity index (χ1v) is 27.0. The Morgan fingerprint density at radius 2 is 1.00 bits per heavy atom. The van der Waals surface area contributed by atoms with E-state index in [0.717, 1.165) is 82.9 Å². The second kappa shape index (κ2) is 14.4. The van der Waals surface area contributed by atoms with Crippen molar-refractivity contribution in [1.82, 2.24) is 9.13 Å². The molecular formula is C71H42N2O2S. The highest BCUT2D eigenvalue weighted by Crippen LogP contribution is 2.52. The van der Waals surface area contributed by atoms with E-state index in [-0.39, 0.29) is 5.41 Å². The zero-order valence-electron chi connectivity index (χ0n) is 41.4. The fourth-order valence-corrected chi connectivity index (χ4v) is 14.9. The van der Waals surface area contributed by atoms with Crippen LogP contribution in [0.5, 0.6) is 0 Å². The van der Waals surface area contributed by atoms with Crippen LogP contribution in [-0.2, 0) is 5.41 Å². The van der Waals surface area contributed by atoms with Crippen molar-refractivity contribution in [3.63, 3.8) is 0 Å². The minimum Gasteiger partial charge on any atom is -0.455 e. The molecule has 0 spiro atoms. The van der Waals surface area contributed by atoms with Gasteiger partial charge in [-0.15, -0.1) is 11.3 Å². The minimum absolute atomic E-state index is 0.177. The monoisotopic (exact) mass is 986 g/mol. The van der Waals surface area contributed by atoms with Crippen LogP contribution in [0.1, 0.15) is 25.0 Å². The highest BCUT2D eigenvalue weighted by Gasteiger charge is 2.36. The second-order valence-corrected chi connectivity index (χ2v) is 22.6. The molecule has 0 N–H and O–H groups in total. The topological polar surface area (TPSA) is 36.1 Å². The van der Waals surface area contributed by atoms with Crippen molar-refractivity contribution in [1.29, 1.82) is 0 Å². The van der Waals surface area contributed by atoms with Crippen molar-refractivity contribution < 1.29 is 8.83 Å². The molecule has 0 saturated heterocycles. The molecule has 0 unspecified atom stereocenters. The Kier molecular flexibility index (Phi) is 7.79. The van der Waals surface area contributed by atoms with E-state index in [0.29, 0.717) is 0 Å². The van der Waals surface area contributed by atoms with Crippen LogP contribution in [-0.4, -0.2) is 9.13 Å². The molecule has 0 atom stereocenters. The maximum Gasteiger partial charge on any atom is 0.160 e. The number of thiophene rings is 1. The quantitative estimate of drug-likeness (QED) is 0.177. The standard InChI is InChI=1S/C71H42N2O2S/c1-71(2)57-23-10-7-16-45(57)46-30-27-43(36-58(46)71)73-59-34-41(26-29-51(59)66-48-18-5-6-19-49(48)67-52-20-8-11-24-62(52)74-70(67)68(66)73)44-21-13-22-50-55-37-61-54(38-63(55)75-69(44)50)53-32-39-14-3-4-15-40(39)33-60(53)72(61)42-28-31-65-56(35-42)47-17-9-12-25-64(47)76-65/h3-38H,1-2H3. The fourth-order valence-electron chi connectivity index (χ4n) is 13.8. The maximum atomic E-state index is 7.20. The van der Waals surface area contributed by atoms with Crippen LogP contribution in [0.2, 0.25) is 0 Å². The first-order valence-electron chi connectivity index (χ1n) is 26.2. The van der Waals surface area contributed by atoms with Crippen LogP contribution in [0.4, 0.5) is 0 Å². The minimum atomic E-state index is -0.177. The molecular weight excluding hydrogens is 945 g/mol. The van der Waals surface area contributed by atoms with Crippen molar-refractivity contribution in [2.45, 2.75) is 19.3 Å². The predicted molar refractivity (Wildman–Crippen MR) is 321 cm³/mol. The van der Waals surface area contributed by atoms with Crippen LogP contribution in [0.15, 0.2) is 227 Å². The molecule has 1 aliphatic rings. The molecule has 0 radical (unpaired) electrons. The predicted octanol–water partition coefficient (Wildman–Crippen LogP) is 20.3. The summed E-state index contributed by atoms with van der Waals surface area (Å²) in [7, 11) is 0. The number of fused-ring (bicyclic) bond motifs is 23. The molecule has 18 rings (SSSR count). The molecule has 12 aromatic carbocycles. The van der Waals surface area contributed by atoms with Crippen molar-refractivity contribution >= 4 is 141 Å². The summed E-state index contributed by atoms with van der Waals surface area (Å²) in [6.45, 7) is 4.73. The zero-order valence-corrected chi connectivity index (χ0v) is 42.2. The number of benzene rings is 12. The summed E-state index contributed by atoms with van der Waals surface area (Å²) >= 11 is 1.86. The fraction of sp³-hybridized carbons (Fsp3) is 0.0423. The van der Waals surface area contributed by atoms with Gasteiger partial charge in [0, 0.05) is 85.6 Å². The van der Waals surface area contributed by atoms with Gasteiger partial charge in [-0.05, 0) is 122 Å². The van der Waals surface area contributed by atoms with Gasteiger partial charge in [-0.3, -0.25) is 0 Å². The number of nitrogens with zero attached hydrogens (tertiary/aromatic N) is 2. The molecule has 76 heavy (non-hydrogen) atoms. The smallest absolute Gasteiger partial charge is 0.160 e. The Morgan fingerprint density at radius 1 is 0.355 bits per heavy atom. The summed E-state index contributed by atoms with van der Waals surface area (Å²) in [5, 5.41) is 16.6. The number of rotatable bonds is 3. The Balaban J connectivity index is 0.902. The summed E-state index contributed by atoms with van der Waals surface area (Å²) in [6.07, 6.45) is 0. The lowest BCUT2D eigenvalue weighted by Crippen LogP contribution is -2.15. The number of para-hydroxylation sites is 2. The molecule has 0 bridgehead atoms. The van der Waals surface area contributed by atoms with Crippen molar-refractivity contribution in [2.75, 3.05) is 0 Å². The third-order valence-corrected chi connectivity index (χ3v) is 18.4. The van der Waals surface area contributed by atoms with Crippen LogP contribution in [0.3, 0.4) is 0 Å². The molecule has 5 aromatic heterocycles. The highest BCUT2D eigenvalue weighted by molar-refractivity contribution is 7.25. The molecule has 5 heterocycles. The van der Waals surface area contributed by atoms with Gasteiger partial charge in [-0.2, -0.15) is 0 Å². The molecule has 354 valence electrons. The lowest BCUT2D eigenvalue weighted by atomic mass is 9.82. The third-order valence-electron chi connectivity index (χ3n) is 17.3. The van der Waals surface area contributed by atoms with Gasteiger partial charge < -0.3 is 18.0 Å². The average molecular weight is 987 g/mol. The molecule has 1 aliphatic carbocycles. The van der Waals surface area contributed by atoms with E-state index in [1.807, 2.05) is 11.3 Å². The highest BCUT2D eigenvalue weighted by atomic mass is 32.1. The van der Waals surface area contributed by atoms with E-state index in [1.165, 1.54) is 91.0 Å². The van der Waals surface area contributed by atoms with Crippen LogP contribution in [0.25, 0.3) is 163 Å². The first-order chi connectivity index (χ1) is 37.4. The van der Waals surface area contributed by atoms with E-state index in [4.69, 9.17) is 8.83 Å². The van der Waals surface area contributed by atoms with Crippen LogP contribution >= 0.6 is 11.3 Å². The number of furan rings is 2. The Bertz CT molecular complexity index is 5460. The molecule has 0 aliphatic heterocycles. The summed E-state index contributed by atoms with van der Waals surface area (Å²) < 4.78 is 21.8. The summed E-state index contributed by atoms with van der Waals surface area (Å²) in [5.41, 5.74) is 17.6. The molecule has 17 aromatic rings. The van der Waals surface area contributed by atoms with E-state index < -0.39 is 0 Å². The van der Waals surface area contributed by atoms with Gasteiger partial charge in [-0.25, -0.2) is 0 Å². The first kappa shape index (κ1) is 41.0. The van der Waals surface area contributed by atoms with Gasteiger partial charge in [-0.1, -0.05) is 159 Å². The maximum absolute atomic E-state index is 7.20. The van der Waals surface area contributed by atoms with Gasteiger partial charge in [0.05, 0.1) is 22.1 Å². The molecule has 4 nitrogen and oxygen atoms in total. The Morgan fingerprint density at radius 3 is 1.89 bits per heavy atom. The van der Waals surface area contributed by atoms with Gasteiger partial charge >= 0.3 is 0 Å².